The van der Waals surface area contributed by atoms with Gasteiger partial charge in [-0.2, -0.15) is 0 Å². The van der Waals surface area contributed by atoms with Crippen molar-refractivity contribution >= 4 is 17.4 Å². The van der Waals surface area contributed by atoms with Crippen LogP contribution in [0.5, 0.6) is 5.75 Å². The minimum atomic E-state index is -0.0546. The Kier molecular flexibility index (Phi) is 4.46. The van der Waals surface area contributed by atoms with E-state index in [0.29, 0.717) is 10.6 Å². The fraction of sp³-hybridized carbons (Fsp3) is 0.235. The van der Waals surface area contributed by atoms with Gasteiger partial charge in [0.1, 0.15) is 5.75 Å². The first kappa shape index (κ1) is 14.6. The Morgan fingerprint density at radius 2 is 1.60 bits per heavy atom. The van der Waals surface area contributed by atoms with Crippen LogP contribution >= 0.6 is 11.6 Å². The van der Waals surface area contributed by atoms with E-state index in [2.05, 4.69) is 12.1 Å². The van der Waals surface area contributed by atoms with Gasteiger partial charge in [-0.15, -0.1) is 0 Å². The molecule has 20 heavy (non-hydrogen) atoms. The van der Waals surface area contributed by atoms with Gasteiger partial charge < -0.3 is 4.74 Å². The molecule has 0 aliphatic carbocycles. The number of halogens is 1. The predicted molar refractivity (Wildman–Crippen MR) is 81.9 cm³/mol. The minimum Gasteiger partial charge on any atom is -0.485 e. The van der Waals surface area contributed by atoms with Crippen molar-refractivity contribution in [1.29, 1.82) is 0 Å². The second-order valence-electron chi connectivity index (χ2n) is 4.95. The third-order valence-electron chi connectivity index (χ3n) is 3.12. The number of Topliss-reactive ketones (excluding diaryl/α,β-unsaturated/α-hetero) is 1. The SMILES string of the molecule is Cc1cc(C)c(OCC(=O)c2ccc(Cl)cc2)c(C)c1. The van der Waals surface area contributed by atoms with E-state index in [1.807, 2.05) is 20.8 Å². The lowest BCUT2D eigenvalue weighted by Crippen LogP contribution is -2.12. The molecule has 0 fully saturated rings. The van der Waals surface area contributed by atoms with E-state index in [-0.39, 0.29) is 12.4 Å². The summed E-state index contributed by atoms with van der Waals surface area (Å²) in [6.07, 6.45) is 0. The number of aryl methyl sites for hydroxylation is 3. The molecule has 0 saturated heterocycles. The predicted octanol–water partition coefficient (Wildman–Crippen LogP) is 4.53. The Hall–Kier alpha value is -1.80. The molecule has 0 amide bonds. The summed E-state index contributed by atoms with van der Waals surface area (Å²) in [5.41, 5.74) is 3.89. The number of benzene rings is 2. The molecule has 0 heterocycles. The van der Waals surface area contributed by atoms with Crippen LogP contribution in [-0.4, -0.2) is 12.4 Å². The van der Waals surface area contributed by atoms with Crippen molar-refractivity contribution in [1.82, 2.24) is 0 Å². The summed E-state index contributed by atoms with van der Waals surface area (Å²) in [5, 5.41) is 0.618. The summed E-state index contributed by atoms with van der Waals surface area (Å²) in [6.45, 7) is 6.05. The van der Waals surface area contributed by atoms with Crippen LogP contribution in [0.1, 0.15) is 27.0 Å². The number of hydrogen-bond donors (Lipinski definition) is 0. The number of hydrogen-bond acceptors (Lipinski definition) is 2. The Balaban J connectivity index is 2.09. The van der Waals surface area contributed by atoms with Gasteiger partial charge in [0, 0.05) is 10.6 Å². The highest BCUT2D eigenvalue weighted by Gasteiger charge is 2.10. The summed E-state index contributed by atoms with van der Waals surface area (Å²) >= 11 is 5.80. The number of carbonyl (C=O) groups excluding carboxylic acids is 1. The van der Waals surface area contributed by atoms with Gasteiger partial charge in [-0.05, 0) is 56.2 Å². The van der Waals surface area contributed by atoms with E-state index in [1.165, 1.54) is 5.56 Å². The van der Waals surface area contributed by atoms with Crippen LogP contribution in [0.25, 0.3) is 0 Å². The van der Waals surface area contributed by atoms with Crippen molar-refractivity contribution in [2.24, 2.45) is 0 Å². The molecule has 3 heteroatoms. The fourth-order valence-corrected chi connectivity index (χ4v) is 2.38. The van der Waals surface area contributed by atoms with Crippen LogP contribution in [-0.2, 0) is 0 Å². The lowest BCUT2D eigenvalue weighted by atomic mass is 10.1. The maximum Gasteiger partial charge on any atom is 0.200 e. The van der Waals surface area contributed by atoms with Crippen LogP contribution < -0.4 is 4.74 Å². The Morgan fingerprint density at radius 3 is 2.15 bits per heavy atom. The van der Waals surface area contributed by atoms with Gasteiger partial charge in [-0.25, -0.2) is 0 Å². The van der Waals surface area contributed by atoms with Gasteiger partial charge >= 0.3 is 0 Å². The standard InChI is InChI=1S/C17H17ClO2/c1-11-8-12(2)17(13(3)9-11)20-10-16(19)14-4-6-15(18)7-5-14/h4-9H,10H2,1-3H3. The molecular formula is C17H17ClO2. The van der Waals surface area contributed by atoms with Crippen molar-refractivity contribution in [2.45, 2.75) is 20.8 Å². The summed E-state index contributed by atoms with van der Waals surface area (Å²) in [6, 6.07) is 10.9. The average Bonchev–Trinajstić information content (AvgIpc) is 2.38. The van der Waals surface area contributed by atoms with Crippen molar-refractivity contribution in [2.75, 3.05) is 6.61 Å². The molecule has 0 bridgehead atoms. The molecule has 0 radical (unpaired) electrons. The molecule has 0 atom stereocenters. The van der Waals surface area contributed by atoms with Crippen LogP contribution in [0.3, 0.4) is 0 Å². The number of rotatable bonds is 4. The quantitative estimate of drug-likeness (QED) is 0.773. The Labute approximate surface area is 124 Å². The molecule has 2 aromatic carbocycles. The smallest absolute Gasteiger partial charge is 0.200 e. The lowest BCUT2D eigenvalue weighted by molar-refractivity contribution is 0.0920. The Morgan fingerprint density at radius 1 is 1.05 bits per heavy atom. The van der Waals surface area contributed by atoms with Gasteiger partial charge in [0.15, 0.2) is 12.4 Å². The van der Waals surface area contributed by atoms with Gasteiger partial charge in [-0.1, -0.05) is 29.3 Å². The molecule has 0 aromatic heterocycles. The maximum atomic E-state index is 12.1. The second-order valence-corrected chi connectivity index (χ2v) is 5.38. The monoisotopic (exact) mass is 288 g/mol. The number of ketones is 1. The van der Waals surface area contributed by atoms with Crippen LogP contribution in [0.4, 0.5) is 0 Å². The Bertz CT molecular complexity index is 607. The molecule has 2 rings (SSSR count). The molecule has 104 valence electrons. The molecule has 0 aliphatic rings. The first-order valence-corrected chi connectivity index (χ1v) is 6.84. The number of carbonyl (C=O) groups is 1. The lowest BCUT2D eigenvalue weighted by Gasteiger charge is -2.12. The second kappa shape index (κ2) is 6.10. The summed E-state index contributed by atoms with van der Waals surface area (Å²) in [5.74, 6) is 0.735. The molecule has 0 spiro atoms. The third kappa shape index (κ3) is 3.40. The molecule has 2 aromatic rings. The van der Waals surface area contributed by atoms with Crippen molar-refractivity contribution in [3.63, 3.8) is 0 Å². The zero-order chi connectivity index (χ0) is 14.7. The average molecular weight is 289 g/mol. The highest BCUT2D eigenvalue weighted by Crippen LogP contribution is 2.24. The summed E-state index contributed by atoms with van der Waals surface area (Å²) < 4.78 is 5.69. The number of ether oxygens (including phenoxy) is 1. The van der Waals surface area contributed by atoms with Crippen LogP contribution in [0.15, 0.2) is 36.4 Å². The molecule has 0 N–H and O–H groups in total. The van der Waals surface area contributed by atoms with Gasteiger partial charge in [0.2, 0.25) is 0 Å². The van der Waals surface area contributed by atoms with Crippen molar-refractivity contribution in [3.05, 3.63) is 63.7 Å². The third-order valence-corrected chi connectivity index (χ3v) is 3.37. The van der Waals surface area contributed by atoms with E-state index in [9.17, 15) is 4.79 Å². The first-order valence-electron chi connectivity index (χ1n) is 6.47. The van der Waals surface area contributed by atoms with E-state index in [1.54, 1.807) is 24.3 Å². The molecular weight excluding hydrogens is 272 g/mol. The normalized spacial score (nSPS) is 10.4. The molecule has 2 nitrogen and oxygen atoms in total. The topological polar surface area (TPSA) is 26.3 Å². The molecule has 0 unspecified atom stereocenters. The maximum absolute atomic E-state index is 12.1. The zero-order valence-electron chi connectivity index (χ0n) is 11.9. The van der Waals surface area contributed by atoms with Crippen molar-refractivity contribution in [3.8, 4) is 5.75 Å². The van der Waals surface area contributed by atoms with Crippen LogP contribution in [0, 0.1) is 20.8 Å². The van der Waals surface area contributed by atoms with E-state index in [0.717, 1.165) is 16.9 Å². The summed E-state index contributed by atoms with van der Waals surface area (Å²) in [7, 11) is 0. The van der Waals surface area contributed by atoms with Gasteiger partial charge in [-0.3, -0.25) is 4.79 Å². The fourth-order valence-electron chi connectivity index (χ4n) is 2.25. The van der Waals surface area contributed by atoms with Crippen LogP contribution in [0.2, 0.25) is 5.02 Å². The van der Waals surface area contributed by atoms with Gasteiger partial charge in [0.05, 0.1) is 0 Å². The molecule has 0 aliphatic heterocycles. The first-order chi connectivity index (χ1) is 9.47. The highest BCUT2D eigenvalue weighted by atomic mass is 35.5. The largest absolute Gasteiger partial charge is 0.485 e. The zero-order valence-corrected chi connectivity index (χ0v) is 12.6. The van der Waals surface area contributed by atoms with E-state index in [4.69, 9.17) is 16.3 Å². The minimum absolute atomic E-state index is 0.0341. The van der Waals surface area contributed by atoms with Crippen molar-refractivity contribution < 1.29 is 9.53 Å². The van der Waals surface area contributed by atoms with E-state index >= 15 is 0 Å². The highest BCUT2D eigenvalue weighted by molar-refractivity contribution is 6.30. The molecule has 0 saturated carbocycles. The summed E-state index contributed by atoms with van der Waals surface area (Å²) in [4.78, 5) is 12.1. The van der Waals surface area contributed by atoms with Gasteiger partial charge in [0.25, 0.3) is 0 Å². The van der Waals surface area contributed by atoms with E-state index < -0.39 is 0 Å².